The maximum atomic E-state index is 10.8. The average Bonchev–Trinajstić information content (AvgIpc) is 2.16. The molecule has 0 radical (unpaired) electrons. The minimum Gasteiger partial charge on any atom is -0.298 e. The number of hydrogen-bond acceptors (Lipinski definition) is 1. The summed E-state index contributed by atoms with van der Waals surface area (Å²) in [7, 11) is 0. The van der Waals surface area contributed by atoms with E-state index in [2.05, 4.69) is 33.8 Å². The number of allylic oxidation sites excluding steroid dienone is 2. The molecule has 0 amide bonds. The molecule has 14 heavy (non-hydrogen) atoms. The van der Waals surface area contributed by atoms with E-state index in [4.69, 9.17) is 0 Å². The van der Waals surface area contributed by atoms with E-state index in [0.717, 1.165) is 30.6 Å². The van der Waals surface area contributed by atoms with E-state index in [1.165, 1.54) is 12.8 Å². The summed E-state index contributed by atoms with van der Waals surface area (Å²) in [6, 6.07) is 0. The van der Waals surface area contributed by atoms with Crippen molar-refractivity contribution in [2.75, 3.05) is 0 Å². The van der Waals surface area contributed by atoms with Crippen molar-refractivity contribution in [2.24, 2.45) is 11.8 Å². The molecule has 1 nitrogen and oxygen atoms in total. The van der Waals surface area contributed by atoms with Gasteiger partial charge in [-0.2, -0.15) is 0 Å². The Morgan fingerprint density at radius 3 is 2.36 bits per heavy atom. The Balaban J connectivity index is 3.87. The molecule has 1 heteroatoms. The minimum absolute atomic E-state index is 0.423. The second kappa shape index (κ2) is 7.78. The van der Waals surface area contributed by atoms with Gasteiger partial charge in [0.05, 0.1) is 0 Å². The summed E-state index contributed by atoms with van der Waals surface area (Å²) in [6.45, 7) is 8.71. The highest BCUT2D eigenvalue weighted by Crippen LogP contribution is 2.14. The average molecular weight is 196 g/mol. The van der Waals surface area contributed by atoms with Gasteiger partial charge in [-0.15, -0.1) is 0 Å². The number of carbonyl (C=O) groups is 1. The molecule has 0 rings (SSSR count). The van der Waals surface area contributed by atoms with Gasteiger partial charge in [0, 0.05) is 0 Å². The van der Waals surface area contributed by atoms with E-state index < -0.39 is 0 Å². The molecule has 0 N–H and O–H groups in total. The van der Waals surface area contributed by atoms with Gasteiger partial charge in [-0.05, 0) is 36.7 Å². The molecule has 0 aromatic carbocycles. The number of rotatable bonds is 7. The van der Waals surface area contributed by atoms with Crippen molar-refractivity contribution in [2.45, 2.75) is 53.4 Å². The Kier molecular flexibility index (Phi) is 7.45. The smallest absolute Gasteiger partial charge is 0.145 e. The van der Waals surface area contributed by atoms with E-state index >= 15 is 0 Å². The van der Waals surface area contributed by atoms with Crippen LogP contribution in [0.1, 0.15) is 53.4 Å². The van der Waals surface area contributed by atoms with Gasteiger partial charge in [0.2, 0.25) is 0 Å². The molecular weight excluding hydrogens is 172 g/mol. The Morgan fingerprint density at radius 2 is 1.93 bits per heavy atom. The van der Waals surface area contributed by atoms with Gasteiger partial charge >= 0.3 is 0 Å². The second-order valence-electron chi connectivity index (χ2n) is 4.46. The second-order valence-corrected chi connectivity index (χ2v) is 4.46. The Hall–Kier alpha value is -0.590. The summed E-state index contributed by atoms with van der Waals surface area (Å²) in [5.41, 5.74) is 0.983. The lowest BCUT2D eigenvalue weighted by atomic mass is 9.97. The third-order valence-corrected chi connectivity index (χ3v) is 2.68. The van der Waals surface area contributed by atoms with Crippen molar-refractivity contribution in [3.63, 3.8) is 0 Å². The van der Waals surface area contributed by atoms with Crippen molar-refractivity contribution >= 4 is 6.29 Å². The summed E-state index contributed by atoms with van der Waals surface area (Å²) in [5, 5.41) is 0. The summed E-state index contributed by atoms with van der Waals surface area (Å²) in [4.78, 5) is 10.8. The molecule has 0 aromatic rings. The molecule has 0 saturated heterocycles. The SMILES string of the molecule is CCC(C)C(C=O)=CCCCC(C)C. The Morgan fingerprint density at radius 1 is 1.29 bits per heavy atom. The van der Waals surface area contributed by atoms with Crippen LogP contribution in [-0.4, -0.2) is 6.29 Å². The monoisotopic (exact) mass is 196 g/mol. The fraction of sp³-hybridized carbons (Fsp3) is 0.769. The van der Waals surface area contributed by atoms with Crippen LogP contribution in [0, 0.1) is 11.8 Å². The van der Waals surface area contributed by atoms with Crippen LogP contribution < -0.4 is 0 Å². The maximum Gasteiger partial charge on any atom is 0.145 e. The van der Waals surface area contributed by atoms with Gasteiger partial charge in [-0.1, -0.05) is 40.2 Å². The third-order valence-electron chi connectivity index (χ3n) is 2.68. The third kappa shape index (κ3) is 5.95. The van der Waals surface area contributed by atoms with E-state index in [1.54, 1.807) is 0 Å². The van der Waals surface area contributed by atoms with Crippen molar-refractivity contribution < 1.29 is 4.79 Å². The van der Waals surface area contributed by atoms with Crippen LogP contribution in [0.2, 0.25) is 0 Å². The Bertz CT molecular complexity index is 180. The molecule has 0 bridgehead atoms. The van der Waals surface area contributed by atoms with Gasteiger partial charge in [-0.3, -0.25) is 4.79 Å². The highest BCUT2D eigenvalue weighted by molar-refractivity contribution is 5.73. The first-order chi connectivity index (χ1) is 6.61. The van der Waals surface area contributed by atoms with Crippen LogP contribution in [0.15, 0.2) is 11.6 Å². The highest BCUT2D eigenvalue weighted by Gasteiger charge is 2.04. The Labute approximate surface area is 88.6 Å². The molecule has 0 aliphatic heterocycles. The quantitative estimate of drug-likeness (QED) is 0.342. The fourth-order valence-electron chi connectivity index (χ4n) is 1.40. The van der Waals surface area contributed by atoms with Crippen LogP contribution in [-0.2, 0) is 4.79 Å². The normalized spacial score (nSPS) is 14.5. The molecule has 82 valence electrons. The predicted molar refractivity (Wildman–Crippen MR) is 62.3 cm³/mol. The molecule has 0 aliphatic carbocycles. The standard InChI is InChI=1S/C13H24O/c1-5-12(4)13(10-14)9-7-6-8-11(2)3/h9-12H,5-8H2,1-4H3. The molecule has 0 spiro atoms. The van der Waals surface area contributed by atoms with Crippen LogP contribution >= 0.6 is 0 Å². The molecule has 0 fully saturated rings. The first-order valence-electron chi connectivity index (χ1n) is 5.77. The summed E-state index contributed by atoms with van der Waals surface area (Å²) in [6.07, 6.45) is 7.69. The van der Waals surface area contributed by atoms with Crippen LogP contribution in [0.5, 0.6) is 0 Å². The molecular formula is C13H24O. The molecule has 1 atom stereocenters. The number of carbonyl (C=O) groups excluding carboxylic acids is 1. The number of hydrogen-bond donors (Lipinski definition) is 0. The van der Waals surface area contributed by atoms with Crippen molar-refractivity contribution in [3.05, 3.63) is 11.6 Å². The summed E-state index contributed by atoms with van der Waals surface area (Å²) >= 11 is 0. The van der Waals surface area contributed by atoms with Gasteiger partial charge in [0.25, 0.3) is 0 Å². The lowest BCUT2D eigenvalue weighted by molar-refractivity contribution is -0.105. The van der Waals surface area contributed by atoms with Crippen molar-refractivity contribution in [1.82, 2.24) is 0 Å². The van der Waals surface area contributed by atoms with Crippen LogP contribution in [0.4, 0.5) is 0 Å². The zero-order chi connectivity index (χ0) is 11.0. The highest BCUT2D eigenvalue weighted by atomic mass is 16.1. The van der Waals surface area contributed by atoms with E-state index in [9.17, 15) is 4.79 Å². The fourth-order valence-corrected chi connectivity index (χ4v) is 1.40. The zero-order valence-electron chi connectivity index (χ0n) is 10.0. The molecule has 0 heterocycles. The predicted octanol–water partition coefficient (Wildman–Crippen LogP) is 3.98. The molecule has 0 aromatic heterocycles. The number of aldehydes is 1. The summed E-state index contributed by atoms with van der Waals surface area (Å²) < 4.78 is 0. The lowest BCUT2D eigenvalue weighted by Crippen LogP contribution is -1.99. The largest absolute Gasteiger partial charge is 0.298 e. The van der Waals surface area contributed by atoms with Gasteiger partial charge < -0.3 is 0 Å². The summed E-state index contributed by atoms with van der Waals surface area (Å²) in [5.74, 6) is 1.19. The first-order valence-corrected chi connectivity index (χ1v) is 5.77. The van der Waals surface area contributed by atoms with Gasteiger partial charge in [-0.25, -0.2) is 0 Å². The van der Waals surface area contributed by atoms with E-state index in [0.29, 0.717) is 5.92 Å². The van der Waals surface area contributed by atoms with Gasteiger partial charge in [0.15, 0.2) is 0 Å². The topological polar surface area (TPSA) is 17.1 Å². The molecule has 1 unspecified atom stereocenters. The van der Waals surface area contributed by atoms with Crippen molar-refractivity contribution in [3.8, 4) is 0 Å². The number of unbranched alkanes of at least 4 members (excludes halogenated alkanes) is 1. The van der Waals surface area contributed by atoms with E-state index in [-0.39, 0.29) is 0 Å². The van der Waals surface area contributed by atoms with Crippen LogP contribution in [0.25, 0.3) is 0 Å². The molecule has 0 saturated carbocycles. The molecule has 0 aliphatic rings. The maximum absolute atomic E-state index is 10.8. The lowest BCUT2D eigenvalue weighted by Gasteiger charge is -2.07. The van der Waals surface area contributed by atoms with Crippen molar-refractivity contribution in [1.29, 1.82) is 0 Å². The first kappa shape index (κ1) is 13.4. The van der Waals surface area contributed by atoms with Crippen LogP contribution in [0.3, 0.4) is 0 Å². The minimum atomic E-state index is 0.423. The van der Waals surface area contributed by atoms with Gasteiger partial charge in [0.1, 0.15) is 6.29 Å². The zero-order valence-corrected chi connectivity index (χ0v) is 10.0. The van der Waals surface area contributed by atoms with E-state index in [1.807, 2.05) is 0 Å².